The van der Waals surface area contributed by atoms with E-state index in [1.165, 1.54) is 6.07 Å². The Morgan fingerprint density at radius 3 is 2.78 bits per heavy atom. The topological polar surface area (TPSA) is 41.6 Å². The van der Waals surface area contributed by atoms with Crippen LogP contribution in [0.5, 0.6) is 0 Å². The number of nitrogens with zero attached hydrogens (tertiary/aromatic N) is 2. The van der Waals surface area contributed by atoms with Gasteiger partial charge in [0.2, 0.25) is 0 Å². The molecule has 0 radical (unpaired) electrons. The maximum Gasteiger partial charge on any atom is 0.139 e. The molecule has 0 fully saturated rings. The zero-order valence-corrected chi connectivity index (χ0v) is 10.9. The SMILES string of the molecule is Fc1cc2[nH]c(Cc3ccncc3)nc2cc1Br. The van der Waals surface area contributed by atoms with Crippen LogP contribution in [0.4, 0.5) is 4.39 Å². The average Bonchev–Trinajstić information content (AvgIpc) is 2.72. The Kier molecular flexibility index (Phi) is 2.83. The fourth-order valence-corrected chi connectivity index (χ4v) is 2.17. The lowest BCUT2D eigenvalue weighted by Gasteiger charge is -1.95. The summed E-state index contributed by atoms with van der Waals surface area (Å²) in [6, 6.07) is 6.99. The number of rotatable bonds is 2. The highest BCUT2D eigenvalue weighted by Crippen LogP contribution is 2.22. The fraction of sp³-hybridized carbons (Fsp3) is 0.0769. The minimum Gasteiger partial charge on any atom is -0.342 e. The zero-order chi connectivity index (χ0) is 12.5. The van der Waals surface area contributed by atoms with E-state index in [4.69, 9.17) is 0 Å². The summed E-state index contributed by atoms with van der Waals surface area (Å²) < 4.78 is 13.8. The summed E-state index contributed by atoms with van der Waals surface area (Å²) >= 11 is 3.16. The second-order valence-electron chi connectivity index (χ2n) is 4.00. The van der Waals surface area contributed by atoms with Crippen molar-refractivity contribution in [1.82, 2.24) is 15.0 Å². The maximum atomic E-state index is 13.4. The molecule has 0 saturated heterocycles. The first-order valence-electron chi connectivity index (χ1n) is 5.45. The second-order valence-corrected chi connectivity index (χ2v) is 4.85. The number of hydrogen-bond donors (Lipinski definition) is 1. The number of imidazole rings is 1. The summed E-state index contributed by atoms with van der Waals surface area (Å²) in [4.78, 5) is 11.5. The number of hydrogen-bond acceptors (Lipinski definition) is 2. The van der Waals surface area contributed by atoms with Gasteiger partial charge < -0.3 is 4.98 Å². The van der Waals surface area contributed by atoms with Gasteiger partial charge >= 0.3 is 0 Å². The Hall–Kier alpha value is -1.75. The van der Waals surface area contributed by atoms with Crippen molar-refractivity contribution in [2.45, 2.75) is 6.42 Å². The average molecular weight is 306 g/mol. The van der Waals surface area contributed by atoms with Crippen LogP contribution in [0.3, 0.4) is 0 Å². The van der Waals surface area contributed by atoms with Crippen LogP contribution in [-0.4, -0.2) is 15.0 Å². The van der Waals surface area contributed by atoms with Gasteiger partial charge in [0, 0.05) is 24.9 Å². The molecular formula is C13H9BrFN3. The molecule has 0 unspecified atom stereocenters. The number of nitrogens with one attached hydrogen (secondary N) is 1. The summed E-state index contributed by atoms with van der Waals surface area (Å²) in [5, 5.41) is 0. The molecule has 0 aliphatic rings. The van der Waals surface area contributed by atoms with Crippen molar-refractivity contribution in [3.63, 3.8) is 0 Å². The van der Waals surface area contributed by atoms with Crippen LogP contribution >= 0.6 is 15.9 Å². The molecule has 0 amide bonds. The second kappa shape index (κ2) is 4.49. The van der Waals surface area contributed by atoms with Crippen LogP contribution in [0.2, 0.25) is 0 Å². The zero-order valence-electron chi connectivity index (χ0n) is 9.32. The van der Waals surface area contributed by atoms with Gasteiger partial charge in [-0.2, -0.15) is 0 Å². The van der Waals surface area contributed by atoms with E-state index >= 15 is 0 Å². The Morgan fingerprint density at radius 1 is 1.22 bits per heavy atom. The van der Waals surface area contributed by atoms with Gasteiger partial charge in [0.15, 0.2) is 0 Å². The molecule has 0 saturated carbocycles. The van der Waals surface area contributed by atoms with Crippen molar-refractivity contribution < 1.29 is 4.39 Å². The Labute approximate surface area is 111 Å². The van der Waals surface area contributed by atoms with Crippen molar-refractivity contribution in [3.8, 4) is 0 Å². The summed E-state index contributed by atoms with van der Waals surface area (Å²) in [6.45, 7) is 0. The molecule has 5 heteroatoms. The van der Waals surface area contributed by atoms with Gasteiger partial charge in [-0.25, -0.2) is 9.37 Å². The van der Waals surface area contributed by atoms with E-state index < -0.39 is 0 Å². The number of H-pyrrole nitrogens is 1. The monoisotopic (exact) mass is 305 g/mol. The number of aromatic nitrogens is 3. The van der Waals surface area contributed by atoms with Crippen molar-refractivity contribution in [2.75, 3.05) is 0 Å². The van der Waals surface area contributed by atoms with Gasteiger partial charge in [-0.15, -0.1) is 0 Å². The van der Waals surface area contributed by atoms with Crippen molar-refractivity contribution >= 4 is 27.0 Å². The lowest BCUT2D eigenvalue weighted by molar-refractivity contribution is 0.623. The molecule has 0 aliphatic heterocycles. The minimum atomic E-state index is -0.290. The van der Waals surface area contributed by atoms with E-state index in [1.807, 2.05) is 12.1 Å². The lowest BCUT2D eigenvalue weighted by Crippen LogP contribution is -1.90. The standard InChI is InChI=1S/C13H9BrFN3/c14-9-6-11-12(7-10(9)15)18-13(17-11)5-8-1-3-16-4-2-8/h1-4,6-7H,5H2,(H,17,18). The third-order valence-electron chi connectivity index (χ3n) is 2.69. The molecule has 0 spiro atoms. The Bertz CT molecular complexity index is 655. The van der Waals surface area contributed by atoms with Gasteiger partial charge in [-0.1, -0.05) is 0 Å². The van der Waals surface area contributed by atoms with Gasteiger partial charge in [0.25, 0.3) is 0 Å². The number of fused-ring (bicyclic) bond motifs is 1. The van der Waals surface area contributed by atoms with E-state index in [1.54, 1.807) is 18.5 Å². The molecule has 0 bridgehead atoms. The summed E-state index contributed by atoms with van der Waals surface area (Å²) in [5.41, 5.74) is 2.58. The minimum absolute atomic E-state index is 0.290. The van der Waals surface area contributed by atoms with Gasteiger partial charge in [-0.05, 0) is 39.7 Å². The molecule has 3 rings (SSSR count). The predicted octanol–water partition coefficient (Wildman–Crippen LogP) is 3.45. The maximum absolute atomic E-state index is 13.4. The first-order chi connectivity index (χ1) is 8.72. The fourth-order valence-electron chi connectivity index (χ4n) is 1.84. The Balaban J connectivity index is 1.99. The summed E-state index contributed by atoms with van der Waals surface area (Å²) in [7, 11) is 0. The van der Waals surface area contributed by atoms with Crippen molar-refractivity contribution in [3.05, 3.63) is 58.3 Å². The number of aromatic amines is 1. The third kappa shape index (κ3) is 2.13. The molecule has 1 aromatic carbocycles. The summed E-state index contributed by atoms with van der Waals surface area (Å²) in [5.74, 6) is 0.523. The molecule has 90 valence electrons. The highest BCUT2D eigenvalue weighted by atomic mass is 79.9. The Morgan fingerprint density at radius 2 is 2.00 bits per heavy atom. The van der Waals surface area contributed by atoms with Gasteiger partial charge in [0.1, 0.15) is 11.6 Å². The van der Waals surface area contributed by atoms with Crippen molar-refractivity contribution in [2.24, 2.45) is 0 Å². The molecular weight excluding hydrogens is 297 g/mol. The summed E-state index contributed by atoms with van der Waals surface area (Å²) in [6.07, 6.45) is 4.17. The van der Waals surface area contributed by atoms with Crippen LogP contribution in [0, 0.1) is 5.82 Å². The lowest BCUT2D eigenvalue weighted by atomic mass is 10.2. The molecule has 3 aromatic rings. The van der Waals surface area contributed by atoms with Gasteiger partial charge in [-0.3, -0.25) is 4.98 Å². The highest BCUT2D eigenvalue weighted by molar-refractivity contribution is 9.10. The van der Waals surface area contributed by atoms with Crippen LogP contribution < -0.4 is 0 Å². The van der Waals surface area contributed by atoms with Crippen LogP contribution in [0.1, 0.15) is 11.4 Å². The molecule has 0 aliphatic carbocycles. The van der Waals surface area contributed by atoms with E-state index in [0.717, 1.165) is 16.9 Å². The normalized spacial score (nSPS) is 11.0. The largest absolute Gasteiger partial charge is 0.342 e. The smallest absolute Gasteiger partial charge is 0.139 e. The van der Waals surface area contributed by atoms with E-state index in [9.17, 15) is 4.39 Å². The quantitative estimate of drug-likeness (QED) is 0.788. The molecule has 3 nitrogen and oxygen atoms in total. The molecule has 18 heavy (non-hydrogen) atoms. The first kappa shape index (κ1) is 11.3. The first-order valence-corrected chi connectivity index (χ1v) is 6.24. The van der Waals surface area contributed by atoms with E-state index in [-0.39, 0.29) is 5.82 Å². The van der Waals surface area contributed by atoms with Crippen LogP contribution in [0.25, 0.3) is 11.0 Å². The predicted molar refractivity (Wildman–Crippen MR) is 70.8 cm³/mol. The third-order valence-corrected chi connectivity index (χ3v) is 3.30. The van der Waals surface area contributed by atoms with Crippen LogP contribution in [-0.2, 0) is 6.42 Å². The molecule has 2 aromatic heterocycles. The van der Waals surface area contributed by atoms with E-state index in [2.05, 4.69) is 30.9 Å². The number of halogens is 2. The van der Waals surface area contributed by atoms with Gasteiger partial charge in [0.05, 0.1) is 15.5 Å². The molecule has 1 N–H and O–H groups in total. The van der Waals surface area contributed by atoms with Crippen molar-refractivity contribution in [1.29, 1.82) is 0 Å². The number of pyridine rings is 1. The van der Waals surface area contributed by atoms with Crippen LogP contribution in [0.15, 0.2) is 41.1 Å². The molecule has 0 atom stereocenters. The molecule has 2 heterocycles. The number of benzene rings is 1. The van der Waals surface area contributed by atoms with E-state index in [0.29, 0.717) is 16.4 Å². The highest BCUT2D eigenvalue weighted by Gasteiger charge is 2.07.